The molecule has 71 heavy (non-hydrogen) atoms. The van der Waals surface area contributed by atoms with Crippen LogP contribution < -0.4 is 37.6 Å². The molecule has 0 aliphatic carbocycles. The van der Waals surface area contributed by atoms with Gasteiger partial charge in [-0.25, -0.2) is 4.79 Å². The second-order valence-electron chi connectivity index (χ2n) is 17.6. The van der Waals surface area contributed by atoms with Crippen molar-refractivity contribution in [1.82, 2.24) is 46.9 Å². The molecule has 0 saturated heterocycles. The average Bonchev–Trinajstić information content (AvgIpc) is 4.07. The number of aliphatic carboxylic acids is 2. The highest BCUT2D eigenvalue weighted by molar-refractivity contribution is 5.99. The number of carbonyl (C=O) groups excluding carboxylic acids is 6. The second kappa shape index (κ2) is 23.5. The number of nitrogens with one attached hydrogen (secondary N) is 9. The lowest BCUT2D eigenvalue weighted by Crippen LogP contribution is -2.62. The number of hydrogen-bond acceptors (Lipinski definition) is 11. The lowest BCUT2D eigenvalue weighted by molar-refractivity contribution is -0.143. The van der Waals surface area contributed by atoms with Crippen LogP contribution >= 0.6 is 0 Å². The summed E-state index contributed by atoms with van der Waals surface area (Å²) in [5.41, 5.74) is 9.63. The number of H-pyrrole nitrogens is 3. The van der Waals surface area contributed by atoms with Gasteiger partial charge in [0, 0.05) is 70.6 Å². The van der Waals surface area contributed by atoms with Crippen LogP contribution in [0.2, 0.25) is 0 Å². The Hall–Kier alpha value is -8.08. The Morgan fingerprint density at radius 3 is 1.24 bits per heavy atom. The Morgan fingerprint density at radius 2 is 0.859 bits per heavy atom. The molecule has 6 rings (SSSR count). The molecule has 22 nitrogen and oxygen atoms in total. The first-order chi connectivity index (χ1) is 33.8. The van der Waals surface area contributed by atoms with Gasteiger partial charge in [0.05, 0.1) is 19.1 Å². The Labute approximate surface area is 405 Å². The molecule has 0 saturated carbocycles. The molecule has 6 aromatic rings. The van der Waals surface area contributed by atoms with Gasteiger partial charge in [0.15, 0.2) is 0 Å². The van der Waals surface area contributed by atoms with Crippen molar-refractivity contribution in [1.29, 1.82) is 0 Å². The number of nitrogens with two attached hydrogens (primary N) is 1. The zero-order valence-corrected chi connectivity index (χ0v) is 39.0. The van der Waals surface area contributed by atoms with E-state index in [9.17, 15) is 58.8 Å². The van der Waals surface area contributed by atoms with Gasteiger partial charge in [0.25, 0.3) is 0 Å². The summed E-state index contributed by atoms with van der Waals surface area (Å²) in [6, 6.07) is 10.4. The van der Waals surface area contributed by atoms with Crippen molar-refractivity contribution in [2.75, 3.05) is 6.61 Å². The van der Waals surface area contributed by atoms with Crippen LogP contribution in [-0.2, 0) is 57.6 Å². The van der Waals surface area contributed by atoms with E-state index >= 15 is 0 Å². The standard InChI is InChI=1S/C49H58N10O12/c1-24(2)41(49(70)71)58-46(67)38(18-28-22-53-35-15-9-6-12-31(28)35)57-48(69)42(25(3)61)59-47(68)39(19-40(62)63)56-45(66)37(17-27-21-52-34-14-8-5-11-30(27)34)55-44(65)36(54-43(64)32(50)23-60)16-26-20-51-33-13-7-4-10-29(26)33/h4-15,20-22,24-25,32,36-39,41-42,51-53,60-61H,16-19,23,50H2,1-3H3,(H,54,64)(H,55,65)(H,56,66)(H,57,69)(H,58,67)(H,59,68)(H,62,63)(H,70,71)/t25-,32+,36+,37+,38+,39+,41+,42+/m1/s1. The normalized spacial score (nSPS) is 14.9. The summed E-state index contributed by atoms with van der Waals surface area (Å²) in [4.78, 5) is 117. The summed E-state index contributed by atoms with van der Waals surface area (Å²) in [6.45, 7) is 3.57. The maximum atomic E-state index is 14.5. The van der Waals surface area contributed by atoms with Gasteiger partial charge < -0.3 is 73.0 Å². The third kappa shape index (κ3) is 13.2. The van der Waals surface area contributed by atoms with E-state index in [1.165, 1.54) is 0 Å². The number of carboxylic acid groups (broad SMARTS) is 2. The van der Waals surface area contributed by atoms with Crippen molar-refractivity contribution in [3.8, 4) is 0 Å². The molecular weight excluding hydrogens is 921 g/mol. The summed E-state index contributed by atoms with van der Waals surface area (Å²) in [7, 11) is 0. The number of amides is 6. The van der Waals surface area contributed by atoms with Crippen LogP contribution in [0.5, 0.6) is 0 Å². The van der Waals surface area contributed by atoms with Gasteiger partial charge in [-0.15, -0.1) is 0 Å². The predicted octanol–water partition coefficient (Wildman–Crippen LogP) is -0.0171. The van der Waals surface area contributed by atoms with E-state index in [1.807, 2.05) is 6.07 Å². The first kappa shape index (κ1) is 52.3. The van der Waals surface area contributed by atoms with E-state index in [4.69, 9.17) is 5.73 Å². The van der Waals surface area contributed by atoms with Crippen molar-refractivity contribution in [2.45, 2.75) is 94.9 Å². The van der Waals surface area contributed by atoms with Crippen LogP contribution in [0.15, 0.2) is 91.4 Å². The van der Waals surface area contributed by atoms with E-state index in [2.05, 4.69) is 46.9 Å². The third-order valence-electron chi connectivity index (χ3n) is 12.0. The molecule has 22 heteroatoms. The largest absolute Gasteiger partial charge is 0.481 e. The van der Waals surface area contributed by atoms with Crippen LogP contribution in [0.4, 0.5) is 0 Å². The molecule has 3 aromatic carbocycles. The lowest BCUT2D eigenvalue weighted by atomic mass is 10.0. The Morgan fingerprint density at radius 1 is 0.507 bits per heavy atom. The SMILES string of the molecule is CC(C)[C@H](NC(=O)[C@H](Cc1c[nH]c2ccccc12)NC(=O)[C@@H](NC(=O)[C@H](CC(=O)O)NC(=O)[C@H](Cc1c[nH]c2ccccc12)NC(=O)[C@H](Cc1c[nH]c2ccccc12)NC(=O)[C@@H](N)CO)[C@@H](C)O)C(=O)O. The third-order valence-corrected chi connectivity index (χ3v) is 12.0. The highest BCUT2D eigenvalue weighted by Gasteiger charge is 2.37. The number of para-hydroxylation sites is 3. The van der Waals surface area contributed by atoms with E-state index in [-0.39, 0.29) is 19.3 Å². The van der Waals surface area contributed by atoms with Crippen LogP contribution in [0.25, 0.3) is 32.7 Å². The van der Waals surface area contributed by atoms with Gasteiger partial charge in [-0.2, -0.15) is 0 Å². The molecule has 0 spiro atoms. The second-order valence-corrected chi connectivity index (χ2v) is 17.6. The molecule has 0 radical (unpaired) electrons. The molecule has 0 fully saturated rings. The Balaban J connectivity index is 1.26. The number of aromatic nitrogens is 3. The monoisotopic (exact) mass is 978 g/mol. The van der Waals surface area contributed by atoms with Gasteiger partial charge in [-0.1, -0.05) is 68.4 Å². The summed E-state index contributed by atoms with van der Waals surface area (Å²) >= 11 is 0. The molecule has 0 unspecified atom stereocenters. The van der Waals surface area contributed by atoms with Crippen molar-refractivity contribution < 1.29 is 58.8 Å². The number of aliphatic hydroxyl groups is 2. The Kier molecular flexibility index (Phi) is 17.3. The van der Waals surface area contributed by atoms with Gasteiger partial charge >= 0.3 is 11.9 Å². The number of carbonyl (C=O) groups is 8. The van der Waals surface area contributed by atoms with Crippen molar-refractivity contribution >= 4 is 80.1 Å². The zero-order chi connectivity index (χ0) is 51.5. The fourth-order valence-electron chi connectivity index (χ4n) is 8.17. The molecule has 15 N–H and O–H groups in total. The minimum absolute atomic E-state index is 0.115. The first-order valence-electron chi connectivity index (χ1n) is 22.8. The maximum Gasteiger partial charge on any atom is 0.326 e. The fourth-order valence-corrected chi connectivity index (χ4v) is 8.17. The smallest absolute Gasteiger partial charge is 0.326 e. The number of benzene rings is 3. The van der Waals surface area contributed by atoms with Gasteiger partial charge in [0.1, 0.15) is 42.3 Å². The predicted molar refractivity (Wildman–Crippen MR) is 259 cm³/mol. The number of rotatable bonds is 24. The van der Waals surface area contributed by atoms with Crippen molar-refractivity contribution in [3.05, 3.63) is 108 Å². The van der Waals surface area contributed by atoms with Crippen LogP contribution in [0.1, 0.15) is 43.9 Å². The van der Waals surface area contributed by atoms with E-state index in [0.29, 0.717) is 38.5 Å². The molecule has 0 bridgehead atoms. The van der Waals surface area contributed by atoms with E-state index < -0.39 is 115 Å². The molecule has 376 valence electrons. The quantitative estimate of drug-likeness (QED) is 0.0380. The van der Waals surface area contributed by atoms with Crippen LogP contribution in [0.3, 0.4) is 0 Å². The number of fused-ring (bicyclic) bond motifs is 3. The molecular formula is C49H58N10O12. The average molecular weight is 979 g/mol. The summed E-state index contributed by atoms with van der Waals surface area (Å²) < 4.78 is 0. The number of aliphatic hydroxyl groups excluding tert-OH is 2. The molecule has 3 heterocycles. The van der Waals surface area contributed by atoms with Crippen LogP contribution in [-0.4, -0.2) is 138 Å². The van der Waals surface area contributed by atoms with Crippen LogP contribution in [0, 0.1) is 5.92 Å². The lowest BCUT2D eigenvalue weighted by Gasteiger charge is -2.28. The molecule has 0 aliphatic heterocycles. The van der Waals surface area contributed by atoms with E-state index in [1.54, 1.807) is 99.2 Å². The van der Waals surface area contributed by atoms with Gasteiger partial charge in [0.2, 0.25) is 35.4 Å². The zero-order valence-electron chi connectivity index (χ0n) is 39.0. The maximum absolute atomic E-state index is 14.5. The Bertz CT molecular complexity index is 2910. The summed E-state index contributed by atoms with van der Waals surface area (Å²) in [6.07, 6.45) is 1.62. The first-order valence-corrected chi connectivity index (χ1v) is 22.8. The number of aromatic amines is 3. The number of hydrogen-bond donors (Lipinski definition) is 14. The molecule has 6 amide bonds. The highest BCUT2D eigenvalue weighted by Crippen LogP contribution is 2.23. The summed E-state index contributed by atoms with van der Waals surface area (Å²) in [5, 5.41) is 57.2. The summed E-state index contributed by atoms with van der Waals surface area (Å²) in [5.74, 6) is -9.50. The number of carboxylic acids is 2. The minimum atomic E-state index is -1.94. The van der Waals surface area contributed by atoms with Crippen molar-refractivity contribution in [2.24, 2.45) is 11.7 Å². The minimum Gasteiger partial charge on any atom is -0.481 e. The molecule has 0 aliphatic rings. The van der Waals surface area contributed by atoms with Crippen molar-refractivity contribution in [3.63, 3.8) is 0 Å². The van der Waals surface area contributed by atoms with E-state index in [0.717, 1.165) is 17.8 Å². The topological polar surface area (TPSA) is 363 Å². The highest BCUT2D eigenvalue weighted by atomic mass is 16.4. The molecule has 3 aromatic heterocycles. The van der Waals surface area contributed by atoms with Gasteiger partial charge in [-0.3, -0.25) is 33.6 Å². The fraction of sp³-hybridized carbons (Fsp3) is 0.347. The van der Waals surface area contributed by atoms with Gasteiger partial charge in [-0.05, 0) is 47.7 Å². The molecule has 8 atom stereocenters.